The quantitative estimate of drug-likeness (QED) is 0.718. The van der Waals surface area contributed by atoms with Crippen molar-refractivity contribution >= 4 is 5.91 Å². The number of hydrogen-bond donors (Lipinski definition) is 2. The number of carbonyl (C=O) groups excluding carboxylic acids is 1. The fourth-order valence-corrected chi connectivity index (χ4v) is 3.27. The number of carbonyl (C=O) groups is 1. The number of hydrogen-bond acceptors (Lipinski definition) is 6. The van der Waals surface area contributed by atoms with E-state index in [1.807, 2.05) is 36.5 Å². The summed E-state index contributed by atoms with van der Waals surface area (Å²) >= 11 is 0. The summed E-state index contributed by atoms with van der Waals surface area (Å²) in [6.45, 7) is 3.76. The van der Waals surface area contributed by atoms with Gasteiger partial charge in [-0.2, -0.15) is 10.1 Å². The maximum absolute atomic E-state index is 12.4. The molecule has 134 valence electrons. The number of piperazine rings is 1. The smallest absolute Gasteiger partial charge is 0.237 e. The summed E-state index contributed by atoms with van der Waals surface area (Å²) in [6.07, 6.45) is 2.22. The molecular formula is C18H20N6O2. The fourth-order valence-electron chi connectivity index (χ4n) is 3.27. The van der Waals surface area contributed by atoms with E-state index in [9.17, 15) is 4.79 Å². The number of nitrogens with zero attached hydrogens (tertiary/aromatic N) is 4. The van der Waals surface area contributed by atoms with Crippen molar-refractivity contribution in [3.63, 3.8) is 0 Å². The average Bonchev–Trinajstić information content (AvgIpc) is 3.27. The Morgan fingerprint density at radius 3 is 2.92 bits per heavy atom. The van der Waals surface area contributed by atoms with Gasteiger partial charge in [-0.25, -0.2) is 0 Å². The molecule has 2 aromatic heterocycles. The largest absolute Gasteiger partial charge is 0.353 e. The summed E-state index contributed by atoms with van der Waals surface area (Å²) in [5.41, 5.74) is 3.10. The number of benzene rings is 1. The first kappa shape index (κ1) is 16.5. The van der Waals surface area contributed by atoms with E-state index in [0.29, 0.717) is 31.2 Å². The third kappa shape index (κ3) is 3.36. The van der Waals surface area contributed by atoms with Crippen LogP contribution >= 0.6 is 0 Å². The Morgan fingerprint density at radius 2 is 2.15 bits per heavy atom. The Bertz CT molecular complexity index is 888. The van der Waals surface area contributed by atoms with Crippen LogP contribution in [0, 0.1) is 6.92 Å². The van der Waals surface area contributed by atoms with Crippen LogP contribution in [0.15, 0.2) is 41.1 Å². The van der Waals surface area contributed by atoms with Crippen molar-refractivity contribution in [3.05, 3.63) is 53.8 Å². The monoisotopic (exact) mass is 352 g/mol. The van der Waals surface area contributed by atoms with E-state index >= 15 is 0 Å². The van der Waals surface area contributed by atoms with Crippen LogP contribution in [-0.2, 0) is 17.8 Å². The molecule has 1 aromatic carbocycles. The molecular weight excluding hydrogens is 332 g/mol. The predicted molar refractivity (Wildman–Crippen MR) is 94.0 cm³/mol. The second-order valence-corrected chi connectivity index (χ2v) is 6.35. The zero-order valence-corrected chi connectivity index (χ0v) is 14.5. The van der Waals surface area contributed by atoms with E-state index in [1.165, 1.54) is 0 Å². The van der Waals surface area contributed by atoms with E-state index in [1.54, 1.807) is 6.92 Å². The summed E-state index contributed by atoms with van der Waals surface area (Å²) in [4.78, 5) is 18.8. The lowest BCUT2D eigenvalue weighted by molar-refractivity contribution is -0.129. The molecule has 3 aromatic rings. The van der Waals surface area contributed by atoms with E-state index in [2.05, 4.69) is 30.6 Å². The summed E-state index contributed by atoms with van der Waals surface area (Å²) in [7, 11) is 0. The second-order valence-electron chi connectivity index (χ2n) is 6.35. The molecule has 3 heterocycles. The van der Waals surface area contributed by atoms with Gasteiger partial charge >= 0.3 is 0 Å². The van der Waals surface area contributed by atoms with E-state index in [-0.39, 0.29) is 11.9 Å². The van der Waals surface area contributed by atoms with Gasteiger partial charge in [0.15, 0.2) is 5.82 Å². The minimum Gasteiger partial charge on any atom is -0.353 e. The number of aryl methyl sites for hydroxylation is 1. The number of aromatic amines is 1. The SMILES string of the molecule is Cc1noc(CC2C(=O)NCCN2Cc2cn[nH]c2-c2ccccc2)n1. The first-order valence-electron chi connectivity index (χ1n) is 8.59. The Labute approximate surface area is 150 Å². The summed E-state index contributed by atoms with van der Waals surface area (Å²) < 4.78 is 5.21. The highest BCUT2D eigenvalue weighted by molar-refractivity contribution is 5.82. The zero-order chi connectivity index (χ0) is 17.9. The summed E-state index contributed by atoms with van der Waals surface area (Å²) in [5, 5.41) is 14.0. The van der Waals surface area contributed by atoms with Gasteiger partial charge in [0.1, 0.15) is 0 Å². The fraction of sp³-hybridized carbons (Fsp3) is 0.333. The topological polar surface area (TPSA) is 99.9 Å². The van der Waals surface area contributed by atoms with Gasteiger partial charge in [-0.1, -0.05) is 35.5 Å². The molecule has 4 rings (SSSR count). The summed E-state index contributed by atoms with van der Waals surface area (Å²) in [5.74, 6) is 1.03. The molecule has 1 fully saturated rings. The van der Waals surface area contributed by atoms with Gasteiger partial charge < -0.3 is 9.84 Å². The van der Waals surface area contributed by atoms with Crippen LogP contribution in [0.3, 0.4) is 0 Å². The van der Waals surface area contributed by atoms with Crippen molar-refractivity contribution < 1.29 is 9.32 Å². The number of amides is 1. The molecule has 2 N–H and O–H groups in total. The van der Waals surface area contributed by atoms with Crippen molar-refractivity contribution in [1.82, 2.24) is 30.6 Å². The Morgan fingerprint density at radius 1 is 1.31 bits per heavy atom. The van der Waals surface area contributed by atoms with Crippen molar-refractivity contribution in [2.24, 2.45) is 0 Å². The molecule has 0 spiro atoms. The molecule has 1 amide bonds. The van der Waals surface area contributed by atoms with Gasteiger partial charge in [-0.15, -0.1) is 0 Å². The Balaban J connectivity index is 1.56. The van der Waals surface area contributed by atoms with Crippen LogP contribution in [-0.4, -0.2) is 50.3 Å². The highest BCUT2D eigenvalue weighted by Crippen LogP contribution is 2.23. The van der Waals surface area contributed by atoms with Crippen LogP contribution < -0.4 is 5.32 Å². The minimum atomic E-state index is -0.345. The van der Waals surface area contributed by atoms with Gasteiger partial charge in [-0.3, -0.25) is 14.8 Å². The van der Waals surface area contributed by atoms with Crippen LogP contribution in [0.1, 0.15) is 17.3 Å². The van der Waals surface area contributed by atoms with Crippen molar-refractivity contribution in [3.8, 4) is 11.3 Å². The highest BCUT2D eigenvalue weighted by Gasteiger charge is 2.32. The second kappa shape index (κ2) is 7.09. The minimum absolute atomic E-state index is 0.0168. The number of H-pyrrole nitrogens is 1. The van der Waals surface area contributed by atoms with Gasteiger partial charge in [-0.05, 0) is 12.5 Å². The van der Waals surface area contributed by atoms with Gasteiger partial charge in [0.2, 0.25) is 11.8 Å². The van der Waals surface area contributed by atoms with E-state index in [0.717, 1.165) is 23.4 Å². The highest BCUT2D eigenvalue weighted by atomic mass is 16.5. The Kier molecular flexibility index (Phi) is 4.49. The van der Waals surface area contributed by atoms with Crippen LogP contribution in [0.4, 0.5) is 0 Å². The summed E-state index contributed by atoms with van der Waals surface area (Å²) in [6, 6.07) is 9.71. The first-order valence-corrected chi connectivity index (χ1v) is 8.59. The normalized spacial score (nSPS) is 18.0. The Hall–Kier alpha value is -3.00. The standard InChI is InChI=1S/C18H20N6O2/c1-12-21-16(26-23-12)9-15-18(25)19-7-8-24(15)11-14-10-20-22-17(14)13-5-3-2-4-6-13/h2-6,10,15H,7-9,11H2,1H3,(H,19,25)(H,20,22). The molecule has 26 heavy (non-hydrogen) atoms. The molecule has 0 radical (unpaired) electrons. The van der Waals surface area contributed by atoms with Gasteiger partial charge in [0.05, 0.1) is 24.4 Å². The van der Waals surface area contributed by atoms with Crippen LogP contribution in [0.2, 0.25) is 0 Å². The first-order chi connectivity index (χ1) is 12.7. The molecule has 1 saturated heterocycles. The lowest BCUT2D eigenvalue weighted by Gasteiger charge is -2.34. The van der Waals surface area contributed by atoms with Crippen molar-refractivity contribution in [2.75, 3.05) is 13.1 Å². The molecule has 0 bridgehead atoms. The van der Waals surface area contributed by atoms with Crippen LogP contribution in [0.25, 0.3) is 11.3 Å². The number of rotatable bonds is 5. The predicted octanol–water partition coefficient (Wildman–Crippen LogP) is 1.31. The third-order valence-corrected chi connectivity index (χ3v) is 4.53. The number of nitrogens with one attached hydrogen (secondary N) is 2. The van der Waals surface area contributed by atoms with Gasteiger partial charge in [0.25, 0.3) is 0 Å². The van der Waals surface area contributed by atoms with Crippen LogP contribution in [0.5, 0.6) is 0 Å². The molecule has 1 aliphatic rings. The molecule has 1 aliphatic heterocycles. The lowest BCUT2D eigenvalue weighted by atomic mass is 10.0. The van der Waals surface area contributed by atoms with Crippen molar-refractivity contribution in [1.29, 1.82) is 0 Å². The maximum Gasteiger partial charge on any atom is 0.237 e. The van der Waals surface area contributed by atoms with Crippen molar-refractivity contribution in [2.45, 2.75) is 25.9 Å². The lowest BCUT2D eigenvalue weighted by Crippen LogP contribution is -2.55. The van der Waals surface area contributed by atoms with Gasteiger partial charge in [0, 0.05) is 25.2 Å². The van der Waals surface area contributed by atoms with E-state index < -0.39 is 0 Å². The third-order valence-electron chi connectivity index (χ3n) is 4.53. The molecule has 1 unspecified atom stereocenters. The zero-order valence-electron chi connectivity index (χ0n) is 14.5. The molecule has 8 nitrogen and oxygen atoms in total. The number of aromatic nitrogens is 4. The molecule has 0 aliphatic carbocycles. The molecule has 0 saturated carbocycles. The molecule has 8 heteroatoms. The molecule has 1 atom stereocenters. The average molecular weight is 352 g/mol. The maximum atomic E-state index is 12.4. The van der Waals surface area contributed by atoms with E-state index in [4.69, 9.17) is 4.52 Å².